The Morgan fingerprint density at radius 3 is 2.90 bits per heavy atom. The minimum absolute atomic E-state index is 0. The highest BCUT2D eigenvalue weighted by molar-refractivity contribution is 7.08. The Hall–Kier alpha value is -1.43. The number of nitrogens with one attached hydrogen (secondary N) is 1. The molecule has 0 aliphatic rings. The lowest BCUT2D eigenvalue weighted by Gasteiger charge is -2.09. The van der Waals surface area contributed by atoms with Gasteiger partial charge in [0.1, 0.15) is 0 Å². The number of carbonyl (C=O) groups is 1. The van der Waals surface area contributed by atoms with Crippen molar-refractivity contribution in [2.75, 3.05) is 17.7 Å². The first-order valence-electron chi connectivity index (χ1n) is 5.67. The molecule has 0 saturated carbocycles. The molecule has 0 fully saturated rings. The Kier molecular flexibility index (Phi) is 6.13. The molecular formula is C13H14Cl2N2O2S. The van der Waals surface area contributed by atoms with Crippen LogP contribution >= 0.6 is 35.3 Å². The fourth-order valence-corrected chi connectivity index (χ4v) is 2.43. The van der Waals surface area contributed by atoms with Crippen molar-refractivity contribution < 1.29 is 9.53 Å². The minimum Gasteiger partial charge on any atom is -0.491 e. The van der Waals surface area contributed by atoms with Crippen molar-refractivity contribution in [2.45, 2.75) is 6.92 Å². The smallest absolute Gasteiger partial charge is 0.257 e. The summed E-state index contributed by atoms with van der Waals surface area (Å²) in [5.74, 6) is 0.348. The molecule has 0 unspecified atom stereocenters. The lowest BCUT2D eigenvalue weighted by molar-refractivity contribution is 0.102. The van der Waals surface area contributed by atoms with E-state index in [1.165, 1.54) is 11.3 Å². The lowest BCUT2D eigenvalue weighted by Crippen LogP contribution is -2.14. The molecule has 7 heteroatoms. The van der Waals surface area contributed by atoms with Crippen molar-refractivity contribution >= 4 is 52.6 Å². The first-order chi connectivity index (χ1) is 9.11. The number of rotatable bonds is 4. The van der Waals surface area contributed by atoms with Crippen LogP contribution in [0.4, 0.5) is 11.4 Å². The molecule has 0 aliphatic carbocycles. The van der Waals surface area contributed by atoms with Gasteiger partial charge in [-0.25, -0.2) is 0 Å². The number of thiophene rings is 1. The van der Waals surface area contributed by atoms with Crippen LogP contribution in [0.2, 0.25) is 5.02 Å². The van der Waals surface area contributed by atoms with E-state index in [1.54, 1.807) is 18.2 Å². The van der Waals surface area contributed by atoms with Gasteiger partial charge in [0.2, 0.25) is 0 Å². The second kappa shape index (κ2) is 7.38. The third-order valence-corrected chi connectivity index (χ3v) is 3.39. The van der Waals surface area contributed by atoms with Gasteiger partial charge in [-0.15, -0.1) is 23.7 Å². The number of amides is 1. The van der Waals surface area contributed by atoms with E-state index in [9.17, 15) is 4.79 Å². The molecule has 0 spiro atoms. The summed E-state index contributed by atoms with van der Waals surface area (Å²) in [5, 5.41) is 6.88. The number of nitrogen functional groups attached to an aromatic ring is 1. The first-order valence-corrected chi connectivity index (χ1v) is 6.99. The quantitative estimate of drug-likeness (QED) is 0.830. The van der Waals surface area contributed by atoms with Gasteiger partial charge < -0.3 is 15.8 Å². The van der Waals surface area contributed by atoms with E-state index in [0.717, 1.165) is 0 Å². The Balaban J connectivity index is 0.00000200. The van der Waals surface area contributed by atoms with E-state index >= 15 is 0 Å². The molecule has 4 nitrogen and oxygen atoms in total. The molecule has 0 atom stereocenters. The van der Waals surface area contributed by atoms with E-state index in [2.05, 4.69) is 5.32 Å². The zero-order valence-corrected chi connectivity index (χ0v) is 13.1. The standard InChI is InChI=1S/C13H13ClN2O2S.ClH/c1-2-18-12-7-19-6-11(12)16-13(17)9-5-8(14)3-4-10(9)15;/h3-7H,2,15H2,1H3,(H,16,17);1H. The summed E-state index contributed by atoms with van der Waals surface area (Å²) < 4.78 is 5.41. The maximum absolute atomic E-state index is 12.1. The Bertz CT molecular complexity index is 602. The van der Waals surface area contributed by atoms with Crippen LogP contribution in [0.3, 0.4) is 0 Å². The third-order valence-electron chi connectivity index (χ3n) is 2.43. The Labute approximate surface area is 132 Å². The van der Waals surface area contributed by atoms with Crippen LogP contribution in [0.5, 0.6) is 5.75 Å². The first kappa shape index (κ1) is 16.6. The van der Waals surface area contributed by atoms with Crippen LogP contribution in [-0.4, -0.2) is 12.5 Å². The summed E-state index contributed by atoms with van der Waals surface area (Å²) >= 11 is 7.32. The van der Waals surface area contributed by atoms with Crippen LogP contribution in [-0.2, 0) is 0 Å². The van der Waals surface area contributed by atoms with Crippen LogP contribution in [0, 0.1) is 0 Å². The highest BCUT2D eigenvalue weighted by atomic mass is 35.5. The predicted octanol–water partition coefficient (Wildman–Crippen LogP) is 4.06. The average molecular weight is 333 g/mol. The van der Waals surface area contributed by atoms with E-state index in [0.29, 0.717) is 34.3 Å². The number of nitrogens with two attached hydrogens (primary N) is 1. The number of hydrogen-bond donors (Lipinski definition) is 2. The third kappa shape index (κ3) is 3.79. The molecule has 3 N–H and O–H groups in total. The topological polar surface area (TPSA) is 64.3 Å². The fourth-order valence-electron chi connectivity index (χ4n) is 1.56. The molecule has 2 aromatic rings. The van der Waals surface area contributed by atoms with Crippen LogP contribution in [0.25, 0.3) is 0 Å². The van der Waals surface area contributed by atoms with Crippen molar-refractivity contribution in [1.82, 2.24) is 0 Å². The SMILES string of the molecule is CCOc1cscc1NC(=O)c1cc(Cl)ccc1N.Cl. The van der Waals surface area contributed by atoms with Crippen molar-refractivity contribution in [3.8, 4) is 5.75 Å². The molecule has 1 aromatic carbocycles. The van der Waals surface area contributed by atoms with Crippen molar-refractivity contribution in [3.63, 3.8) is 0 Å². The predicted molar refractivity (Wildman–Crippen MR) is 86.6 cm³/mol. The van der Waals surface area contributed by atoms with Crippen molar-refractivity contribution in [3.05, 3.63) is 39.5 Å². The van der Waals surface area contributed by atoms with Crippen molar-refractivity contribution in [1.29, 1.82) is 0 Å². The molecule has 0 radical (unpaired) electrons. The second-order valence-corrected chi connectivity index (χ2v) is 4.95. The van der Waals surface area contributed by atoms with Gasteiger partial charge in [0.05, 0.1) is 17.9 Å². The lowest BCUT2D eigenvalue weighted by atomic mass is 10.1. The summed E-state index contributed by atoms with van der Waals surface area (Å²) in [6.07, 6.45) is 0. The Morgan fingerprint density at radius 2 is 2.20 bits per heavy atom. The molecule has 0 bridgehead atoms. The molecule has 108 valence electrons. The van der Waals surface area contributed by atoms with Gasteiger partial charge in [-0.2, -0.15) is 0 Å². The maximum atomic E-state index is 12.1. The van der Waals surface area contributed by atoms with Crippen LogP contribution in [0.15, 0.2) is 29.0 Å². The van der Waals surface area contributed by atoms with E-state index in [4.69, 9.17) is 22.1 Å². The number of benzene rings is 1. The number of anilines is 2. The van der Waals surface area contributed by atoms with Crippen LogP contribution in [0.1, 0.15) is 17.3 Å². The summed E-state index contributed by atoms with van der Waals surface area (Å²) in [6, 6.07) is 4.79. The monoisotopic (exact) mass is 332 g/mol. The molecule has 2 rings (SSSR count). The average Bonchev–Trinajstić information content (AvgIpc) is 2.80. The molecule has 0 saturated heterocycles. The number of hydrogen-bond acceptors (Lipinski definition) is 4. The molecule has 0 aliphatic heterocycles. The summed E-state index contributed by atoms with van der Waals surface area (Å²) in [7, 11) is 0. The van der Waals surface area contributed by atoms with Gasteiger partial charge in [-0.05, 0) is 25.1 Å². The molecule has 1 aromatic heterocycles. The summed E-state index contributed by atoms with van der Waals surface area (Å²) in [4.78, 5) is 12.1. The van der Waals surface area contributed by atoms with E-state index < -0.39 is 0 Å². The Morgan fingerprint density at radius 1 is 1.45 bits per heavy atom. The zero-order chi connectivity index (χ0) is 13.8. The van der Waals surface area contributed by atoms with Crippen molar-refractivity contribution in [2.24, 2.45) is 0 Å². The largest absolute Gasteiger partial charge is 0.491 e. The maximum Gasteiger partial charge on any atom is 0.257 e. The van der Waals surface area contributed by atoms with Gasteiger partial charge in [0, 0.05) is 21.5 Å². The van der Waals surface area contributed by atoms with E-state index in [1.807, 2.05) is 17.7 Å². The minimum atomic E-state index is -0.306. The van der Waals surface area contributed by atoms with Gasteiger partial charge in [-0.3, -0.25) is 4.79 Å². The normalized spacial score (nSPS) is 9.70. The van der Waals surface area contributed by atoms with Gasteiger partial charge in [0.15, 0.2) is 5.75 Å². The highest BCUT2D eigenvalue weighted by Crippen LogP contribution is 2.30. The molecule has 1 amide bonds. The highest BCUT2D eigenvalue weighted by Gasteiger charge is 2.13. The molecule has 1 heterocycles. The second-order valence-electron chi connectivity index (χ2n) is 3.77. The molecular weight excluding hydrogens is 319 g/mol. The van der Waals surface area contributed by atoms with Gasteiger partial charge in [-0.1, -0.05) is 11.6 Å². The number of halogens is 2. The van der Waals surface area contributed by atoms with Gasteiger partial charge in [0.25, 0.3) is 5.91 Å². The van der Waals surface area contributed by atoms with E-state index in [-0.39, 0.29) is 18.3 Å². The fraction of sp³-hybridized carbons (Fsp3) is 0.154. The summed E-state index contributed by atoms with van der Waals surface area (Å²) in [6.45, 7) is 2.43. The number of ether oxygens (including phenoxy) is 1. The zero-order valence-electron chi connectivity index (χ0n) is 10.7. The number of carbonyl (C=O) groups excluding carboxylic acids is 1. The van der Waals surface area contributed by atoms with Crippen LogP contribution < -0.4 is 15.8 Å². The van der Waals surface area contributed by atoms with Gasteiger partial charge >= 0.3 is 0 Å². The molecule has 20 heavy (non-hydrogen) atoms. The summed E-state index contributed by atoms with van der Waals surface area (Å²) in [5.41, 5.74) is 7.14.